The molecular formula is C22H26Cl2N2O3S. The van der Waals surface area contributed by atoms with Gasteiger partial charge in [0.05, 0.1) is 15.8 Å². The number of benzene rings is 2. The van der Waals surface area contributed by atoms with Gasteiger partial charge in [0, 0.05) is 32.6 Å². The average Bonchev–Trinajstić information content (AvgIpc) is 2.72. The van der Waals surface area contributed by atoms with E-state index >= 15 is 0 Å². The van der Waals surface area contributed by atoms with Crippen molar-refractivity contribution >= 4 is 39.1 Å². The third kappa shape index (κ3) is 5.76. The molecule has 1 aliphatic heterocycles. The molecule has 0 unspecified atom stereocenters. The number of carbonyl (C=O) groups excluding carboxylic acids is 1. The minimum atomic E-state index is -3.48. The number of sulfonamides is 1. The fraction of sp³-hybridized carbons (Fsp3) is 0.409. The zero-order chi connectivity index (χ0) is 21.9. The van der Waals surface area contributed by atoms with Crippen molar-refractivity contribution in [3.8, 4) is 0 Å². The Bertz CT molecular complexity index is 1000. The summed E-state index contributed by atoms with van der Waals surface area (Å²) < 4.78 is 27.0. The van der Waals surface area contributed by atoms with E-state index in [1.165, 1.54) is 9.87 Å². The standard InChI is InChI=1S/C22H26Cl2N2O3S/c1-16-3-5-17(6-4-16)14-25(2)22(27)19-9-11-26(12-10-19)30(28,29)15-18-7-8-20(23)21(24)13-18/h3-8,13,19H,9-12,14-15H2,1-2H3. The van der Waals surface area contributed by atoms with E-state index in [2.05, 4.69) is 0 Å². The summed E-state index contributed by atoms with van der Waals surface area (Å²) in [7, 11) is -1.68. The lowest BCUT2D eigenvalue weighted by Crippen LogP contribution is -2.43. The average molecular weight is 469 g/mol. The molecule has 2 aromatic rings. The molecule has 0 atom stereocenters. The predicted octanol–water partition coefficient (Wildman–Crippen LogP) is 4.50. The van der Waals surface area contributed by atoms with E-state index in [0.717, 1.165) is 5.56 Å². The fourth-order valence-corrected chi connectivity index (χ4v) is 5.54. The molecule has 0 aromatic heterocycles. The quantitative estimate of drug-likeness (QED) is 0.626. The smallest absolute Gasteiger partial charge is 0.225 e. The van der Waals surface area contributed by atoms with Gasteiger partial charge in [-0.3, -0.25) is 4.79 Å². The fourth-order valence-electron chi connectivity index (χ4n) is 3.67. The minimum absolute atomic E-state index is 0.0668. The molecule has 0 N–H and O–H groups in total. The van der Waals surface area contributed by atoms with Crippen LogP contribution in [0.5, 0.6) is 0 Å². The number of amides is 1. The zero-order valence-electron chi connectivity index (χ0n) is 17.1. The highest BCUT2D eigenvalue weighted by Crippen LogP contribution is 2.26. The van der Waals surface area contributed by atoms with E-state index in [1.807, 2.05) is 31.2 Å². The Morgan fingerprint density at radius 3 is 2.23 bits per heavy atom. The summed E-state index contributed by atoms with van der Waals surface area (Å²) in [5, 5.41) is 0.734. The van der Waals surface area contributed by atoms with Crippen molar-refractivity contribution in [3.05, 3.63) is 69.2 Å². The molecule has 5 nitrogen and oxygen atoms in total. The largest absolute Gasteiger partial charge is 0.341 e. The highest BCUT2D eigenvalue weighted by atomic mass is 35.5. The maximum absolute atomic E-state index is 12.8. The van der Waals surface area contributed by atoms with Crippen LogP contribution in [-0.2, 0) is 27.1 Å². The summed E-state index contributed by atoms with van der Waals surface area (Å²) in [5.41, 5.74) is 2.86. The molecule has 0 aliphatic carbocycles. The first-order valence-corrected chi connectivity index (χ1v) is 12.2. The van der Waals surface area contributed by atoms with Crippen LogP contribution in [0.1, 0.15) is 29.5 Å². The van der Waals surface area contributed by atoms with Gasteiger partial charge >= 0.3 is 0 Å². The van der Waals surface area contributed by atoms with Crippen LogP contribution in [0.4, 0.5) is 0 Å². The molecular weight excluding hydrogens is 443 g/mol. The summed E-state index contributed by atoms with van der Waals surface area (Å²) in [6.07, 6.45) is 1.05. The van der Waals surface area contributed by atoms with Gasteiger partial charge in [0.25, 0.3) is 0 Å². The van der Waals surface area contributed by atoms with E-state index in [4.69, 9.17) is 23.2 Å². The number of rotatable bonds is 6. The van der Waals surface area contributed by atoms with Gasteiger partial charge in [-0.15, -0.1) is 0 Å². The van der Waals surface area contributed by atoms with Crippen molar-refractivity contribution in [2.45, 2.75) is 32.1 Å². The maximum atomic E-state index is 12.8. The van der Waals surface area contributed by atoms with Crippen LogP contribution < -0.4 is 0 Å². The van der Waals surface area contributed by atoms with E-state index in [-0.39, 0.29) is 17.6 Å². The highest BCUT2D eigenvalue weighted by Gasteiger charge is 2.32. The number of piperidine rings is 1. The molecule has 1 heterocycles. The van der Waals surface area contributed by atoms with Crippen molar-refractivity contribution < 1.29 is 13.2 Å². The van der Waals surface area contributed by atoms with E-state index in [0.29, 0.717) is 48.1 Å². The normalized spacial score (nSPS) is 15.9. The van der Waals surface area contributed by atoms with Gasteiger partial charge in [-0.25, -0.2) is 12.7 Å². The predicted molar refractivity (Wildman–Crippen MR) is 121 cm³/mol. The Labute approximate surface area is 188 Å². The van der Waals surface area contributed by atoms with Crippen LogP contribution in [0.3, 0.4) is 0 Å². The van der Waals surface area contributed by atoms with Crippen molar-refractivity contribution in [2.75, 3.05) is 20.1 Å². The van der Waals surface area contributed by atoms with Crippen molar-refractivity contribution in [3.63, 3.8) is 0 Å². The third-order valence-electron chi connectivity index (χ3n) is 5.45. The van der Waals surface area contributed by atoms with Gasteiger partial charge in [-0.2, -0.15) is 0 Å². The van der Waals surface area contributed by atoms with Gasteiger partial charge < -0.3 is 4.90 Å². The first-order valence-electron chi connectivity index (χ1n) is 9.88. The lowest BCUT2D eigenvalue weighted by Gasteiger charge is -2.32. The van der Waals surface area contributed by atoms with Gasteiger partial charge in [-0.1, -0.05) is 59.1 Å². The lowest BCUT2D eigenvalue weighted by molar-refractivity contribution is -0.135. The molecule has 1 aliphatic rings. The molecule has 3 rings (SSSR count). The number of hydrogen-bond acceptors (Lipinski definition) is 3. The van der Waals surface area contributed by atoms with Crippen LogP contribution in [0.2, 0.25) is 10.0 Å². The van der Waals surface area contributed by atoms with Crippen LogP contribution in [-0.4, -0.2) is 43.7 Å². The second kappa shape index (κ2) is 9.69. The molecule has 0 saturated carbocycles. The van der Waals surface area contributed by atoms with Crippen LogP contribution in [0.25, 0.3) is 0 Å². The molecule has 162 valence electrons. The van der Waals surface area contributed by atoms with Gasteiger partial charge in [0.15, 0.2) is 0 Å². The molecule has 0 bridgehead atoms. The van der Waals surface area contributed by atoms with Crippen molar-refractivity contribution in [1.29, 1.82) is 0 Å². The van der Waals surface area contributed by atoms with E-state index < -0.39 is 10.0 Å². The molecule has 0 spiro atoms. The zero-order valence-corrected chi connectivity index (χ0v) is 19.5. The Balaban J connectivity index is 1.55. The first-order chi connectivity index (χ1) is 14.2. The topological polar surface area (TPSA) is 57.7 Å². The molecule has 30 heavy (non-hydrogen) atoms. The van der Waals surface area contributed by atoms with Gasteiger partial charge in [0.2, 0.25) is 15.9 Å². The maximum Gasteiger partial charge on any atom is 0.225 e. The highest BCUT2D eigenvalue weighted by molar-refractivity contribution is 7.88. The number of aryl methyl sites for hydroxylation is 1. The van der Waals surface area contributed by atoms with E-state index in [1.54, 1.807) is 30.1 Å². The van der Waals surface area contributed by atoms with Gasteiger partial charge in [0.1, 0.15) is 0 Å². The number of nitrogens with zero attached hydrogens (tertiary/aromatic N) is 2. The van der Waals surface area contributed by atoms with E-state index in [9.17, 15) is 13.2 Å². The Morgan fingerprint density at radius 2 is 1.63 bits per heavy atom. The number of halogens is 2. The van der Waals surface area contributed by atoms with Crippen LogP contribution in [0.15, 0.2) is 42.5 Å². The molecule has 1 fully saturated rings. The monoisotopic (exact) mass is 468 g/mol. The molecule has 8 heteroatoms. The molecule has 0 radical (unpaired) electrons. The lowest BCUT2D eigenvalue weighted by atomic mass is 9.96. The first kappa shape index (κ1) is 23.1. The minimum Gasteiger partial charge on any atom is -0.341 e. The third-order valence-corrected chi connectivity index (χ3v) is 8.04. The Kier molecular flexibility index (Phi) is 7.45. The molecule has 1 amide bonds. The molecule has 1 saturated heterocycles. The van der Waals surface area contributed by atoms with Crippen LogP contribution >= 0.6 is 23.2 Å². The summed E-state index contributed by atoms with van der Waals surface area (Å²) in [5.74, 6) is -0.218. The molecule has 2 aromatic carbocycles. The summed E-state index contributed by atoms with van der Waals surface area (Å²) >= 11 is 11.9. The summed E-state index contributed by atoms with van der Waals surface area (Å²) in [6.45, 7) is 3.27. The van der Waals surface area contributed by atoms with Gasteiger partial charge in [-0.05, 0) is 43.0 Å². The number of carbonyl (C=O) groups is 1. The summed E-state index contributed by atoms with van der Waals surface area (Å²) in [4.78, 5) is 14.5. The second-order valence-corrected chi connectivity index (χ2v) is 10.6. The van der Waals surface area contributed by atoms with Crippen LogP contribution in [0, 0.1) is 12.8 Å². The Morgan fingerprint density at radius 1 is 1.03 bits per heavy atom. The SMILES string of the molecule is Cc1ccc(CN(C)C(=O)C2CCN(S(=O)(=O)Cc3ccc(Cl)c(Cl)c3)CC2)cc1. The number of hydrogen-bond donors (Lipinski definition) is 0. The van der Waals surface area contributed by atoms with Crippen molar-refractivity contribution in [1.82, 2.24) is 9.21 Å². The van der Waals surface area contributed by atoms with Crippen molar-refractivity contribution in [2.24, 2.45) is 5.92 Å². The summed E-state index contributed by atoms with van der Waals surface area (Å²) in [6, 6.07) is 13.0. The second-order valence-electron chi connectivity index (χ2n) is 7.86. The Hall–Kier alpha value is -1.60.